The Morgan fingerprint density at radius 2 is 1.91 bits per heavy atom. The third-order valence-electron chi connectivity index (χ3n) is 4.11. The second-order valence-electron chi connectivity index (χ2n) is 5.85. The first-order valence-corrected chi connectivity index (χ1v) is 7.79. The fraction of sp³-hybridized carbons (Fsp3) is 0.857. The molecular weight excluding hydrogens is 395 g/mol. The van der Waals surface area contributed by atoms with Crippen molar-refractivity contribution in [3.63, 3.8) is 0 Å². The van der Waals surface area contributed by atoms with Gasteiger partial charge in [-0.05, 0) is 6.92 Å². The second-order valence-corrected chi connectivity index (χ2v) is 5.85. The first-order chi connectivity index (χ1) is 10.1. The first-order valence-electron chi connectivity index (χ1n) is 7.79. The number of hydrogen-bond acceptors (Lipinski definition) is 4. The number of hydrogen-bond donors (Lipinski definition) is 2. The lowest BCUT2D eigenvalue weighted by Crippen LogP contribution is -2.63. The highest BCUT2D eigenvalue weighted by Gasteiger charge is 2.31. The van der Waals surface area contributed by atoms with Crippen molar-refractivity contribution >= 4 is 35.8 Å². The van der Waals surface area contributed by atoms with Crippen LogP contribution < -0.4 is 10.6 Å². The molecule has 2 N–H and O–H groups in total. The average molecular weight is 424 g/mol. The van der Waals surface area contributed by atoms with Crippen LogP contribution in [0.25, 0.3) is 0 Å². The summed E-state index contributed by atoms with van der Waals surface area (Å²) in [5, 5.41) is 6.57. The monoisotopic (exact) mass is 424 g/mol. The predicted octanol–water partition coefficient (Wildman–Crippen LogP) is -0.752. The molecule has 128 valence electrons. The van der Waals surface area contributed by atoms with Crippen LogP contribution in [0.15, 0.2) is 4.99 Å². The number of fused-ring (bicyclic) bond motifs is 3. The summed E-state index contributed by atoms with van der Waals surface area (Å²) in [6.07, 6.45) is 0. The maximum absolute atomic E-state index is 11.6. The molecule has 0 aliphatic carbocycles. The Morgan fingerprint density at radius 3 is 2.41 bits per heavy atom. The summed E-state index contributed by atoms with van der Waals surface area (Å²) in [6, 6.07) is 0.543. The smallest absolute Gasteiger partial charge is 0.243 e. The molecule has 22 heavy (non-hydrogen) atoms. The van der Waals surface area contributed by atoms with Crippen LogP contribution in [0, 0.1) is 0 Å². The van der Waals surface area contributed by atoms with Gasteiger partial charge in [0.2, 0.25) is 5.91 Å². The Balaban J connectivity index is 0.00000242. The van der Waals surface area contributed by atoms with E-state index in [0.29, 0.717) is 6.04 Å². The zero-order valence-corrected chi connectivity index (χ0v) is 16.2. The zero-order valence-electron chi connectivity index (χ0n) is 13.8. The number of nitrogens with zero attached hydrogens (tertiary/aromatic N) is 4. The van der Waals surface area contributed by atoms with Gasteiger partial charge >= 0.3 is 0 Å². The van der Waals surface area contributed by atoms with Gasteiger partial charge in [0, 0.05) is 66.0 Å². The van der Waals surface area contributed by atoms with E-state index >= 15 is 0 Å². The van der Waals surface area contributed by atoms with Gasteiger partial charge in [0.15, 0.2) is 5.96 Å². The highest BCUT2D eigenvalue weighted by atomic mass is 127. The second kappa shape index (κ2) is 9.51. The van der Waals surface area contributed by atoms with E-state index in [0.717, 1.165) is 25.6 Å². The van der Waals surface area contributed by atoms with Gasteiger partial charge in [-0.2, -0.15) is 0 Å². The van der Waals surface area contributed by atoms with Crippen LogP contribution in [0.2, 0.25) is 0 Å². The molecule has 3 aliphatic heterocycles. The van der Waals surface area contributed by atoms with Crippen LogP contribution in [0.4, 0.5) is 0 Å². The molecule has 3 aliphatic rings. The van der Waals surface area contributed by atoms with Crippen molar-refractivity contribution in [1.82, 2.24) is 25.3 Å². The third-order valence-corrected chi connectivity index (χ3v) is 4.11. The van der Waals surface area contributed by atoms with Crippen molar-refractivity contribution < 1.29 is 4.79 Å². The molecule has 3 heterocycles. The van der Waals surface area contributed by atoms with E-state index in [2.05, 4.69) is 25.4 Å². The van der Waals surface area contributed by atoms with Crippen molar-refractivity contribution in [2.45, 2.75) is 13.0 Å². The summed E-state index contributed by atoms with van der Waals surface area (Å²) in [6.45, 7) is 9.73. The van der Waals surface area contributed by atoms with E-state index in [4.69, 9.17) is 0 Å². The maximum Gasteiger partial charge on any atom is 0.243 e. The summed E-state index contributed by atoms with van der Waals surface area (Å²) in [4.78, 5) is 22.6. The minimum Gasteiger partial charge on any atom is -0.357 e. The van der Waals surface area contributed by atoms with Crippen LogP contribution in [0.5, 0.6) is 0 Å². The van der Waals surface area contributed by atoms with Crippen molar-refractivity contribution in [3.8, 4) is 0 Å². The topological polar surface area (TPSA) is 63.2 Å². The molecule has 8 heteroatoms. The van der Waals surface area contributed by atoms with Crippen molar-refractivity contribution in [3.05, 3.63) is 0 Å². The van der Waals surface area contributed by atoms with Crippen LogP contribution in [0.1, 0.15) is 6.92 Å². The highest BCUT2D eigenvalue weighted by molar-refractivity contribution is 14.0. The Kier molecular flexibility index (Phi) is 8.40. The van der Waals surface area contributed by atoms with Gasteiger partial charge in [-0.1, -0.05) is 0 Å². The normalized spacial score (nSPS) is 27.0. The minimum atomic E-state index is 0. The molecule has 7 nitrogen and oxygen atoms in total. The largest absolute Gasteiger partial charge is 0.357 e. The Bertz CT molecular complexity index is 382. The van der Waals surface area contributed by atoms with E-state index in [1.807, 2.05) is 6.92 Å². The number of nitrogens with one attached hydrogen (secondary N) is 2. The van der Waals surface area contributed by atoms with Crippen LogP contribution in [-0.2, 0) is 4.79 Å². The molecule has 1 unspecified atom stereocenters. The number of piperazine rings is 3. The van der Waals surface area contributed by atoms with E-state index in [1.165, 1.54) is 26.2 Å². The summed E-state index contributed by atoms with van der Waals surface area (Å²) in [5.74, 6) is 0.740. The van der Waals surface area contributed by atoms with Crippen molar-refractivity contribution in [2.75, 3.05) is 66.5 Å². The van der Waals surface area contributed by atoms with Crippen LogP contribution >= 0.6 is 24.0 Å². The standard InChI is InChI=1S/C14H28N6O.HI/c1-4-15-14(17-10-13(21)18(2)3)16-9-12-11-19-5-7-20(12)8-6-19;/h12H,4-11H2,1-3H3,(H2,15,16,17);1H. The molecule has 1 amide bonds. The number of amides is 1. The van der Waals surface area contributed by atoms with Gasteiger partial charge in [0.05, 0.1) is 0 Å². The quantitative estimate of drug-likeness (QED) is 0.346. The molecule has 0 spiro atoms. The molecule has 2 bridgehead atoms. The fourth-order valence-electron chi connectivity index (χ4n) is 2.76. The SMILES string of the molecule is CCNC(=NCC(=O)N(C)C)NCC1CN2CCN1CC2.I. The number of carbonyl (C=O) groups is 1. The molecule has 0 aromatic rings. The van der Waals surface area contributed by atoms with E-state index in [1.54, 1.807) is 19.0 Å². The van der Waals surface area contributed by atoms with Gasteiger partial charge in [-0.15, -0.1) is 24.0 Å². The van der Waals surface area contributed by atoms with Crippen LogP contribution in [-0.4, -0.2) is 99.1 Å². The van der Waals surface area contributed by atoms with E-state index < -0.39 is 0 Å². The summed E-state index contributed by atoms with van der Waals surface area (Å²) >= 11 is 0. The molecular formula is C14H29IN6O. The third kappa shape index (κ3) is 5.54. The lowest BCUT2D eigenvalue weighted by Gasteiger charge is -2.47. The molecule has 3 rings (SSSR count). The molecule has 0 saturated carbocycles. The van der Waals surface area contributed by atoms with Gasteiger partial charge in [-0.3, -0.25) is 14.6 Å². The lowest BCUT2D eigenvalue weighted by atomic mass is 10.1. The number of likely N-dealkylation sites (N-methyl/N-ethyl adjacent to an activating group) is 1. The van der Waals surface area contributed by atoms with Crippen molar-refractivity contribution in [1.29, 1.82) is 0 Å². The zero-order chi connectivity index (χ0) is 15.2. The number of halogens is 1. The average Bonchev–Trinajstić information content (AvgIpc) is 2.50. The Morgan fingerprint density at radius 1 is 1.23 bits per heavy atom. The molecule has 3 saturated heterocycles. The van der Waals surface area contributed by atoms with E-state index in [-0.39, 0.29) is 36.4 Å². The number of rotatable bonds is 5. The number of carbonyl (C=O) groups excluding carboxylic acids is 1. The maximum atomic E-state index is 11.6. The Hall–Kier alpha value is -0.610. The number of aliphatic imine (C=N–C) groups is 1. The predicted molar refractivity (Wildman–Crippen MR) is 99.9 cm³/mol. The Labute approximate surface area is 150 Å². The molecule has 0 aromatic heterocycles. The van der Waals surface area contributed by atoms with E-state index in [9.17, 15) is 4.79 Å². The summed E-state index contributed by atoms with van der Waals surface area (Å²) < 4.78 is 0. The number of guanidine groups is 1. The van der Waals surface area contributed by atoms with Crippen LogP contribution in [0.3, 0.4) is 0 Å². The van der Waals surface area contributed by atoms with Gasteiger partial charge in [0.1, 0.15) is 6.54 Å². The lowest BCUT2D eigenvalue weighted by molar-refractivity contribution is -0.127. The van der Waals surface area contributed by atoms with Gasteiger partial charge in [0.25, 0.3) is 0 Å². The molecule has 3 fully saturated rings. The van der Waals surface area contributed by atoms with Gasteiger partial charge < -0.3 is 15.5 Å². The molecule has 1 atom stereocenters. The van der Waals surface area contributed by atoms with Gasteiger partial charge in [-0.25, -0.2) is 4.99 Å². The highest BCUT2D eigenvalue weighted by Crippen LogP contribution is 2.14. The molecule has 0 aromatic carbocycles. The van der Waals surface area contributed by atoms with Crippen molar-refractivity contribution in [2.24, 2.45) is 4.99 Å². The first kappa shape index (κ1) is 19.4. The minimum absolute atomic E-state index is 0. The summed E-state index contributed by atoms with van der Waals surface area (Å²) in [7, 11) is 3.50. The molecule has 0 radical (unpaired) electrons. The fourth-order valence-corrected chi connectivity index (χ4v) is 2.76. The summed E-state index contributed by atoms with van der Waals surface area (Å²) in [5.41, 5.74) is 0.